The summed E-state index contributed by atoms with van der Waals surface area (Å²) in [6.45, 7) is 0.491. The molecule has 0 N–H and O–H groups in total. The molecule has 26 heavy (non-hydrogen) atoms. The van der Waals surface area contributed by atoms with Crippen LogP contribution in [0.5, 0.6) is 0 Å². The van der Waals surface area contributed by atoms with Gasteiger partial charge in [0.2, 0.25) is 5.90 Å². The molecule has 3 aromatic rings. The number of carbonyl (C=O) groups is 1. The summed E-state index contributed by atoms with van der Waals surface area (Å²) in [5.74, 6) is 0.243. The third kappa shape index (κ3) is 5.31. The Morgan fingerprint density at radius 3 is 1.65 bits per heavy atom. The van der Waals surface area contributed by atoms with E-state index in [0.29, 0.717) is 6.61 Å². The summed E-state index contributed by atoms with van der Waals surface area (Å²) < 4.78 is 11.0. The van der Waals surface area contributed by atoms with E-state index in [1.807, 2.05) is 91.0 Å². The van der Waals surface area contributed by atoms with Gasteiger partial charge in [-0.25, -0.2) is 4.79 Å². The molecule has 1 amide bonds. The zero-order valence-electron chi connectivity index (χ0n) is 14.2. The van der Waals surface area contributed by atoms with Crippen LogP contribution in [0.3, 0.4) is 0 Å². The van der Waals surface area contributed by atoms with Gasteiger partial charge in [0.15, 0.2) is 0 Å². The number of hydrogen-bond acceptors (Lipinski definition) is 3. The second kappa shape index (κ2) is 9.18. The maximum Gasteiger partial charge on any atom is 0.437 e. The summed E-state index contributed by atoms with van der Waals surface area (Å²) in [5, 5.41) is 0. The second-order valence-corrected chi connectivity index (χ2v) is 5.60. The first kappa shape index (κ1) is 17.4. The van der Waals surface area contributed by atoms with E-state index in [1.54, 1.807) is 0 Å². The van der Waals surface area contributed by atoms with Crippen LogP contribution in [-0.4, -0.2) is 12.0 Å². The summed E-state index contributed by atoms with van der Waals surface area (Å²) in [6.07, 6.45) is -0.680. The van der Waals surface area contributed by atoms with E-state index in [4.69, 9.17) is 9.47 Å². The van der Waals surface area contributed by atoms with Crippen LogP contribution in [0.2, 0.25) is 0 Å². The highest BCUT2D eigenvalue weighted by atomic mass is 16.6. The predicted octanol–water partition coefficient (Wildman–Crippen LogP) is 4.99. The summed E-state index contributed by atoms with van der Waals surface area (Å²) in [4.78, 5) is 16.1. The molecule has 4 nitrogen and oxygen atoms in total. The average Bonchev–Trinajstić information content (AvgIpc) is 2.72. The van der Waals surface area contributed by atoms with Crippen LogP contribution in [0.25, 0.3) is 0 Å². The fourth-order valence-corrected chi connectivity index (χ4v) is 2.32. The monoisotopic (exact) mass is 345 g/mol. The number of aliphatic imine (C=N–C) groups is 1. The van der Waals surface area contributed by atoms with Crippen molar-refractivity contribution < 1.29 is 14.3 Å². The molecule has 3 rings (SSSR count). The Morgan fingerprint density at radius 1 is 0.654 bits per heavy atom. The Bertz CT molecular complexity index is 846. The number of nitrogens with zero attached hydrogens (tertiary/aromatic N) is 1. The average molecular weight is 345 g/mol. The fraction of sp³-hybridized carbons (Fsp3) is 0.0909. The zero-order valence-corrected chi connectivity index (χ0v) is 14.2. The Labute approximate surface area is 152 Å². The molecule has 4 heteroatoms. The number of hydrogen-bond donors (Lipinski definition) is 0. The highest BCUT2D eigenvalue weighted by molar-refractivity contribution is 5.99. The van der Waals surface area contributed by atoms with Crippen LogP contribution in [0.15, 0.2) is 96.0 Å². The normalized spacial score (nSPS) is 11.0. The number of amides is 1. The SMILES string of the molecule is O=C(/N=C(\OCc1ccccc1)c1ccccc1)OCc1ccccc1. The van der Waals surface area contributed by atoms with Crippen molar-refractivity contribution in [2.75, 3.05) is 0 Å². The minimum Gasteiger partial charge on any atom is -0.472 e. The predicted molar refractivity (Wildman–Crippen MR) is 101 cm³/mol. The Morgan fingerprint density at radius 2 is 1.12 bits per heavy atom. The zero-order chi connectivity index (χ0) is 18.0. The van der Waals surface area contributed by atoms with Gasteiger partial charge in [0, 0.05) is 5.56 Å². The molecule has 0 saturated heterocycles. The molecule has 0 heterocycles. The molecule has 0 saturated carbocycles. The van der Waals surface area contributed by atoms with Gasteiger partial charge < -0.3 is 9.47 Å². The fourth-order valence-electron chi connectivity index (χ4n) is 2.32. The van der Waals surface area contributed by atoms with Crippen LogP contribution in [-0.2, 0) is 22.7 Å². The molecule has 0 aliphatic carbocycles. The molecule has 0 atom stereocenters. The molecule has 0 unspecified atom stereocenters. The summed E-state index contributed by atoms with van der Waals surface area (Å²) in [6, 6.07) is 28.5. The largest absolute Gasteiger partial charge is 0.472 e. The van der Waals surface area contributed by atoms with Gasteiger partial charge in [-0.15, -0.1) is 4.99 Å². The third-order valence-electron chi connectivity index (χ3n) is 3.64. The van der Waals surface area contributed by atoms with Gasteiger partial charge in [-0.3, -0.25) is 0 Å². The number of benzene rings is 3. The van der Waals surface area contributed by atoms with Crippen molar-refractivity contribution in [2.45, 2.75) is 13.2 Å². The van der Waals surface area contributed by atoms with E-state index in [9.17, 15) is 4.79 Å². The molecular formula is C22H19NO3. The lowest BCUT2D eigenvalue weighted by atomic mass is 10.2. The van der Waals surface area contributed by atoms with Crippen LogP contribution in [0, 0.1) is 0 Å². The van der Waals surface area contributed by atoms with E-state index in [1.165, 1.54) is 0 Å². The van der Waals surface area contributed by atoms with Crippen LogP contribution < -0.4 is 0 Å². The quantitative estimate of drug-likeness (QED) is 0.484. The third-order valence-corrected chi connectivity index (χ3v) is 3.64. The Kier molecular flexibility index (Phi) is 6.15. The molecule has 0 bridgehead atoms. The van der Waals surface area contributed by atoms with E-state index in [2.05, 4.69) is 4.99 Å². The molecule has 0 aliphatic rings. The topological polar surface area (TPSA) is 47.9 Å². The molecule has 0 spiro atoms. The lowest BCUT2D eigenvalue weighted by Crippen LogP contribution is -2.11. The maximum absolute atomic E-state index is 12.1. The molecule has 3 aromatic carbocycles. The van der Waals surface area contributed by atoms with Gasteiger partial charge in [-0.1, -0.05) is 78.9 Å². The Hall–Kier alpha value is -3.40. The smallest absolute Gasteiger partial charge is 0.437 e. The van der Waals surface area contributed by atoms with Crippen molar-refractivity contribution in [3.63, 3.8) is 0 Å². The van der Waals surface area contributed by atoms with E-state index >= 15 is 0 Å². The first-order chi connectivity index (χ1) is 12.8. The van der Waals surface area contributed by atoms with Gasteiger partial charge >= 0.3 is 6.09 Å². The van der Waals surface area contributed by atoms with Gasteiger partial charge in [0.05, 0.1) is 0 Å². The van der Waals surface area contributed by atoms with Crippen molar-refractivity contribution in [1.82, 2.24) is 0 Å². The minimum absolute atomic E-state index is 0.171. The van der Waals surface area contributed by atoms with E-state index < -0.39 is 6.09 Å². The minimum atomic E-state index is -0.680. The highest BCUT2D eigenvalue weighted by Gasteiger charge is 2.10. The lowest BCUT2D eigenvalue weighted by Gasteiger charge is -2.10. The van der Waals surface area contributed by atoms with Gasteiger partial charge in [-0.05, 0) is 23.3 Å². The molecule has 0 aliphatic heterocycles. The van der Waals surface area contributed by atoms with Gasteiger partial charge in [-0.2, -0.15) is 0 Å². The number of carbonyl (C=O) groups excluding carboxylic acids is 1. The van der Waals surface area contributed by atoms with Crippen molar-refractivity contribution in [3.05, 3.63) is 108 Å². The van der Waals surface area contributed by atoms with E-state index in [-0.39, 0.29) is 12.5 Å². The molecular weight excluding hydrogens is 326 g/mol. The number of ether oxygens (including phenoxy) is 2. The molecule has 0 fully saturated rings. The second-order valence-electron chi connectivity index (χ2n) is 5.60. The van der Waals surface area contributed by atoms with Crippen molar-refractivity contribution >= 4 is 12.0 Å². The lowest BCUT2D eigenvalue weighted by molar-refractivity contribution is 0.149. The first-order valence-corrected chi connectivity index (χ1v) is 8.33. The summed E-state index contributed by atoms with van der Waals surface area (Å²) in [7, 11) is 0. The highest BCUT2D eigenvalue weighted by Crippen LogP contribution is 2.09. The number of rotatable bonds is 5. The molecule has 0 aromatic heterocycles. The summed E-state index contributed by atoms with van der Waals surface area (Å²) >= 11 is 0. The van der Waals surface area contributed by atoms with Crippen LogP contribution in [0.4, 0.5) is 4.79 Å². The van der Waals surface area contributed by atoms with Crippen molar-refractivity contribution in [1.29, 1.82) is 0 Å². The van der Waals surface area contributed by atoms with Gasteiger partial charge in [0.25, 0.3) is 0 Å². The maximum atomic E-state index is 12.1. The van der Waals surface area contributed by atoms with E-state index in [0.717, 1.165) is 16.7 Å². The standard InChI is InChI=1S/C22H19NO3/c24-22(26-17-19-12-6-2-7-13-19)23-21(20-14-8-3-9-15-20)25-16-18-10-4-1-5-11-18/h1-15H,16-17H2/b23-21-. The van der Waals surface area contributed by atoms with Gasteiger partial charge in [0.1, 0.15) is 13.2 Å². The van der Waals surface area contributed by atoms with Crippen LogP contribution in [0.1, 0.15) is 16.7 Å². The van der Waals surface area contributed by atoms with Crippen LogP contribution >= 0.6 is 0 Å². The summed E-state index contributed by atoms with van der Waals surface area (Å²) in [5.41, 5.74) is 2.62. The van der Waals surface area contributed by atoms with Crippen molar-refractivity contribution in [2.24, 2.45) is 4.99 Å². The Balaban J connectivity index is 1.69. The molecule has 0 radical (unpaired) electrons. The molecule has 130 valence electrons. The van der Waals surface area contributed by atoms with Crippen molar-refractivity contribution in [3.8, 4) is 0 Å². The first-order valence-electron chi connectivity index (χ1n) is 8.33.